The van der Waals surface area contributed by atoms with Crippen molar-refractivity contribution in [3.63, 3.8) is 0 Å². The van der Waals surface area contributed by atoms with E-state index in [0.29, 0.717) is 26.2 Å². The summed E-state index contributed by atoms with van der Waals surface area (Å²) in [5.41, 5.74) is 0. The number of ether oxygens (including phenoxy) is 1. The van der Waals surface area contributed by atoms with Crippen LogP contribution in [0, 0.1) is 5.92 Å². The molecule has 1 aliphatic carbocycles. The summed E-state index contributed by atoms with van der Waals surface area (Å²) in [6.07, 6.45) is 4.35. The first-order valence-corrected chi connectivity index (χ1v) is 9.38. The molecular weight excluding hydrogens is 330 g/mol. The lowest BCUT2D eigenvalue weighted by molar-refractivity contribution is -0.122. The van der Waals surface area contributed by atoms with Gasteiger partial charge in [-0.15, -0.1) is 12.4 Å². The summed E-state index contributed by atoms with van der Waals surface area (Å²) in [4.78, 5) is 11.9. The molecule has 3 unspecified atom stereocenters. The maximum absolute atomic E-state index is 11.9. The second kappa shape index (κ2) is 9.02. The highest BCUT2D eigenvalue weighted by Gasteiger charge is 2.29. The fourth-order valence-electron chi connectivity index (χ4n) is 3.00. The van der Waals surface area contributed by atoms with E-state index in [1.165, 1.54) is 6.26 Å². The summed E-state index contributed by atoms with van der Waals surface area (Å²) < 4.78 is 30.6. The van der Waals surface area contributed by atoms with Crippen LogP contribution < -0.4 is 15.4 Å². The van der Waals surface area contributed by atoms with Crippen LogP contribution in [0.25, 0.3) is 0 Å². The van der Waals surface area contributed by atoms with E-state index >= 15 is 0 Å². The van der Waals surface area contributed by atoms with E-state index in [0.717, 1.165) is 25.8 Å². The summed E-state index contributed by atoms with van der Waals surface area (Å²) in [6, 6.07) is 0.0173. The molecule has 2 fully saturated rings. The summed E-state index contributed by atoms with van der Waals surface area (Å²) in [7, 11) is -3.19. The lowest BCUT2D eigenvalue weighted by atomic mass is 10.0. The average molecular weight is 356 g/mol. The number of halogens is 1. The monoisotopic (exact) mass is 355 g/mol. The number of hydrogen-bond donors (Lipinski definition) is 3. The van der Waals surface area contributed by atoms with Gasteiger partial charge in [0.1, 0.15) is 0 Å². The Morgan fingerprint density at radius 1 is 1.36 bits per heavy atom. The van der Waals surface area contributed by atoms with Gasteiger partial charge in [0.25, 0.3) is 0 Å². The number of rotatable bonds is 6. The third-order valence-corrected chi connectivity index (χ3v) is 4.75. The maximum Gasteiger partial charge on any atom is 0.221 e. The Bertz CT molecular complexity index is 454. The molecule has 1 saturated heterocycles. The Kier molecular flexibility index (Phi) is 8.06. The maximum atomic E-state index is 11.9. The van der Waals surface area contributed by atoms with Crippen LogP contribution in [0.1, 0.15) is 25.7 Å². The largest absolute Gasteiger partial charge is 0.378 e. The lowest BCUT2D eigenvalue weighted by Gasteiger charge is -2.24. The van der Waals surface area contributed by atoms with E-state index in [2.05, 4.69) is 15.4 Å². The molecule has 3 atom stereocenters. The third kappa shape index (κ3) is 6.78. The molecule has 22 heavy (non-hydrogen) atoms. The molecule has 0 radical (unpaired) electrons. The molecule has 0 bridgehead atoms. The number of sulfonamides is 1. The van der Waals surface area contributed by atoms with Gasteiger partial charge >= 0.3 is 0 Å². The second-order valence-corrected chi connectivity index (χ2v) is 7.70. The van der Waals surface area contributed by atoms with Crippen molar-refractivity contribution < 1.29 is 17.9 Å². The molecule has 0 aromatic heterocycles. The lowest BCUT2D eigenvalue weighted by Crippen LogP contribution is -2.46. The molecule has 9 heteroatoms. The smallest absolute Gasteiger partial charge is 0.221 e. The van der Waals surface area contributed by atoms with E-state index in [1.807, 2.05) is 0 Å². The molecule has 0 aromatic rings. The van der Waals surface area contributed by atoms with E-state index in [-0.39, 0.29) is 36.3 Å². The minimum atomic E-state index is -3.19. The summed E-state index contributed by atoms with van der Waals surface area (Å²) in [6.45, 7) is 2.56. The molecule has 2 aliphatic rings. The Hall–Kier alpha value is -0.410. The quantitative estimate of drug-likeness (QED) is 0.603. The van der Waals surface area contributed by atoms with Crippen LogP contribution in [-0.4, -0.2) is 59.0 Å². The standard InChI is InChI=1S/C13H25N3O4S.ClH/c1-21(18,19)16-12-4-2-3-10(12)8-15-13(17)7-11-9-20-6-5-14-11;/h10-12,14,16H,2-9H2,1H3,(H,15,17);1H. The van der Waals surface area contributed by atoms with Crippen molar-refractivity contribution in [3.05, 3.63) is 0 Å². The number of nitrogens with one attached hydrogen (secondary N) is 3. The van der Waals surface area contributed by atoms with Crippen molar-refractivity contribution in [2.24, 2.45) is 5.92 Å². The molecule has 1 aliphatic heterocycles. The van der Waals surface area contributed by atoms with Crippen molar-refractivity contribution in [3.8, 4) is 0 Å². The van der Waals surface area contributed by atoms with Crippen molar-refractivity contribution in [1.29, 1.82) is 0 Å². The average Bonchev–Trinajstić information content (AvgIpc) is 2.82. The number of amides is 1. The van der Waals surface area contributed by atoms with E-state index in [9.17, 15) is 13.2 Å². The number of carbonyl (C=O) groups is 1. The third-order valence-electron chi connectivity index (χ3n) is 4.02. The summed E-state index contributed by atoms with van der Waals surface area (Å²) >= 11 is 0. The Morgan fingerprint density at radius 2 is 2.14 bits per heavy atom. The molecule has 1 heterocycles. The molecule has 0 spiro atoms. The van der Waals surface area contributed by atoms with Gasteiger partial charge in [-0.25, -0.2) is 13.1 Å². The SMILES string of the molecule is CS(=O)(=O)NC1CCCC1CNC(=O)CC1COCCN1.Cl. The van der Waals surface area contributed by atoms with Gasteiger partial charge in [-0.1, -0.05) is 6.42 Å². The van der Waals surface area contributed by atoms with Crippen molar-refractivity contribution >= 4 is 28.3 Å². The minimum absolute atomic E-state index is 0. The van der Waals surface area contributed by atoms with Gasteiger partial charge in [0.05, 0.1) is 19.5 Å². The highest BCUT2D eigenvalue weighted by molar-refractivity contribution is 7.88. The van der Waals surface area contributed by atoms with Gasteiger partial charge in [0.15, 0.2) is 0 Å². The fourth-order valence-corrected chi connectivity index (χ4v) is 3.86. The molecular formula is C13H26ClN3O4S. The molecule has 1 amide bonds. The predicted octanol–water partition coefficient (Wildman–Crippen LogP) is -0.379. The molecule has 130 valence electrons. The van der Waals surface area contributed by atoms with Gasteiger partial charge in [-0.3, -0.25) is 4.79 Å². The van der Waals surface area contributed by atoms with Gasteiger partial charge in [-0.05, 0) is 18.8 Å². The fraction of sp³-hybridized carbons (Fsp3) is 0.923. The highest BCUT2D eigenvalue weighted by atomic mass is 35.5. The number of carbonyl (C=O) groups excluding carboxylic acids is 1. The molecule has 7 nitrogen and oxygen atoms in total. The molecule has 0 aromatic carbocycles. The van der Waals surface area contributed by atoms with Crippen LogP contribution in [-0.2, 0) is 19.6 Å². The van der Waals surface area contributed by atoms with Crippen LogP contribution in [0.5, 0.6) is 0 Å². The predicted molar refractivity (Wildman–Crippen MR) is 86.6 cm³/mol. The molecule has 3 N–H and O–H groups in total. The van der Waals surface area contributed by atoms with E-state index in [1.54, 1.807) is 0 Å². The van der Waals surface area contributed by atoms with Crippen LogP contribution in [0.15, 0.2) is 0 Å². The van der Waals surface area contributed by atoms with Gasteiger partial charge in [0.2, 0.25) is 15.9 Å². The Labute approximate surface area is 138 Å². The second-order valence-electron chi connectivity index (χ2n) is 5.92. The van der Waals surface area contributed by atoms with Crippen LogP contribution >= 0.6 is 12.4 Å². The zero-order valence-electron chi connectivity index (χ0n) is 12.8. The van der Waals surface area contributed by atoms with Crippen molar-refractivity contribution in [2.45, 2.75) is 37.8 Å². The Morgan fingerprint density at radius 3 is 2.77 bits per heavy atom. The first-order valence-electron chi connectivity index (χ1n) is 7.49. The topological polar surface area (TPSA) is 96.5 Å². The van der Waals surface area contributed by atoms with E-state index < -0.39 is 10.0 Å². The minimum Gasteiger partial charge on any atom is -0.378 e. The van der Waals surface area contributed by atoms with Crippen LogP contribution in [0.4, 0.5) is 0 Å². The number of morpholine rings is 1. The molecule has 2 rings (SSSR count). The van der Waals surface area contributed by atoms with Crippen LogP contribution in [0.3, 0.4) is 0 Å². The van der Waals surface area contributed by atoms with Gasteiger partial charge in [0, 0.05) is 31.6 Å². The Balaban J connectivity index is 0.00000242. The van der Waals surface area contributed by atoms with Crippen molar-refractivity contribution in [1.82, 2.24) is 15.4 Å². The van der Waals surface area contributed by atoms with Crippen LogP contribution in [0.2, 0.25) is 0 Å². The first-order chi connectivity index (χ1) is 9.94. The summed E-state index contributed by atoms with van der Waals surface area (Å²) in [5, 5.41) is 6.16. The van der Waals surface area contributed by atoms with Gasteiger partial charge in [-0.2, -0.15) is 0 Å². The molecule has 1 saturated carbocycles. The zero-order valence-corrected chi connectivity index (χ0v) is 14.5. The highest BCUT2D eigenvalue weighted by Crippen LogP contribution is 2.25. The number of hydrogen-bond acceptors (Lipinski definition) is 5. The summed E-state index contributed by atoms with van der Waals surface area (Å²) in [5.74, 6) is 0.169. The van der Waals surface area contributed by atoms with Crippen molar-refractivity contribution in [2.75, 3.05) is 32.6 Å². The van der Waals surface area contributed by atoms with Gasteiger partial charge < -0.3 is 15.4 Å². The van der Waals surface area contributed by atoms with E-state index in [4.69, 9.17) is 4.74 Å². The zero-order chi connectivity index (χ0) is 15.3. The normalized spacial score (nSPS) is 28.9. The first kappa shape index (κ1) is 19.6.